The van der Waals surface area contributed by atoms with Crippen LogP contribution in [-0.2, 0) is 87.4 Å². The van der Waals surface area contributed by atoms with Gasteiger partial charge in [-0.25, -0.2) is 33.9 Å². The molecule has 9 rings (SSSR count). The predicted molar refractivity (Wildman–Crippen MR) is 428 cm³/mol. The molecule has 30 heteroatoms. The summed E-state index contributed by atoms with van der Waals surface area (Å²) >= 11 is 0. The fourth-order valence-corrected chi connectivity index (χ4v) is 17.2. The molecule has 0 saturated carbocycles. The minimum atomic E-state index is -1.61. The molecule has 3 aromatic heterocycles. The topological polar surface area (TPSA) is 343 Å². The fraction of sp³-hybridized carbons (Fsp3) is 0.674. The van der Waals surface area contributed by atoms with Crippen LogP contribution in [0, 0.1) is 41.4 Å². The second-order valence-corrected chi connectivity index (χ2v) is 33.1. The number of amides is 1. The second kappa shape index (κ2) is 40.5. The number of pyridine rings is 1. The number of unbranched alkanes of at least 4 members (excludes halogenated alkanes) is 1. The van der Waals surface area contributed by atoms with Crippen molar-refractivity contribution in [3.8, 4) is 17.1 Å². The molecule has 1 N–H and O–H groups in total. The first-order valence-corrected chi connectivity index (χ1v) is 40.1. The summed E-state index contributed by atoms with van der Waals surface area (Å²) in [6.07, 6.45) is 3.52. The summed E-state index contributed by atoms with van der Waals surface area (Å²) in [6, 6.07) is 10.8. The summed E-state index contributed by atoms with van der Waals surface area (Å²) in [6.45, 7) is 28.2. The van der Waals surface area contributed by atoms with E-state index < -0.39 is 161 Å². The number of imidazole rings is 2. The largest absolute Gasteiger partial charge is 0.481 e. The van der Waals surface area contributed by atoms with E-state index in [1.165, 1.54) is 52.9 Å². The number of benzene rings is 1. The number of cyclic esters (lactones) is 2. The molecule has 4 fully saturated rings. The molecule has 8 heterocycles. The van der Waals surface area contributed by atoms with Gasteiger partial charge in [-0.1, -0.05) is 74.1 Å². The molecular weight excluding hydrogens is 1500 g/mol. The lowest BCUT2D eigenvalue weighted by Gasteiger charge is -2.47. The van der Waals surface area contributed by atoms with Crippen LogP contribution in [0.1, 0.15) is 180 Å². The van der Waals surface area contributed by atoms with Crippen molar-refractivity contribution in [2.24, 2.45) is 41.4 Å². The molecule has 4 aromatic rings. The number of allylic oxidation sites excluding steroid dienone is 1. The Bertz CT molecular complexity index is 4010. The molecule has 0 aliphatic carbocycles. The van der Waals surface area contributed by atoms with Gasteiger partial charge in [0.05, 0.1) is 72.4 Å². The molecule has 0 spiro atoms. The van der Waals surface area contributed by atoms with Gasteiger partial charge >= 0.3 is 30.1 Å². The van der Waals surface area contributed by atoms with E-state index in [-0.39, 0.29) is 81.1 Å². The quantitative estimate of drug-likeness (QED) is 0.0372. The van der Waals surface area contributed by atoms with Crippen LogP contribution < -0.4 is 4.74 Å². The smallest absolute Gasteiger partial charge is 0.420 e. The number of ether oxygens (including phenoxy) is 12. The summed E-state index contributed by atoms with van der Waals surface area (Å²) < 4.78 is 76.9. The van der Waals surface area contributed by atoms with Gasteiger partial charge in [-0.2, -0.15) is 0 Å². The summed E-state index contributed by atoms with van der Waals surface area (Å²) in [5, 5.41) is 11.5. The van der Waals surface area contributed by atoms with Crippen molar-refractivity contribution < 1.29 is 105 Å². The number of ketones is 4. The maximum Gasteiger partial charge on any atom is 0.420 e. The van der Waals surface area contributed by atoms with E-state index in [9.17, 15) is 48.3 Å². The zero-order valence-corrected chi connectivity index (χ0v) is 71.3. The minimum absolute atomic E-state index is 0. The number of aliphatic hydroxyl groups excluding tert-OH is 1. The first kappa shape index (κ1) is 94.9. The number of Topliss-reactive ketones (excluding diaryl/α,β-unsaturated/α-hetero) is 4. The highest BCUT2D eigenvalue weighted by atomic mass is 16.7. The monoisotopic (exact) mass is 1620 g/mol. The van der Waals surface area contributed by atoms with Gasteiger partial charge in [-0.05, 0) is 172 Å². The van der Waals surface area contributed by atoms with E-state index >= 15 is 0 Å². The van der Waals surface area contributed by atoms with E-state index in [0.717, 1.165) is 15.8 Å². The van der Waals surface area contributed by atoms with Crippen LogP contribution in [0.2, 0.25) is 0 Å². The SMILES string of the molecule is C.CC[C@H]1OC(=O)[C@H](C)C(=O)[C@H](C)[C@@H](O[C@@H]2O[C@H](C)C[C@H](N(C)C)[C@H]2O)[C@@](C)(OC)C[C@@H](C)C(=O)[C@H](C)[C@H]2N(CCCCn3cnc(-c4ccc(OC)nc4)c3)C(=O)O[C@]12C.CC[C@H]1OC(=O)[C@H](C)C(=O)[C@H](C)[C@@H](O[C@@H]2O[C@H](C)C[C@H](N(C)C)[C@H]2OC(=O)c2ccccc2)[C@@](C)(OC)C[C@@H](C)C(=O)/C(C)=C/[C@]1(C)OC(=O)n1ccnc1. The van der Waals surface area contributed by atoms with E-state index in [0.29, 0.717) is 43.7 Å². The Morgan fingerprint density at radius 3 is 1.75 bits per heavy atom. The van der Waals surface area contributed by atoms with Gasteiger partial charge in [-0.15, -0.1) is 0 Å². The molecule has 0 radical (unpaired) electrons. The number of methoxy groups -OCH3 is 3. The van der Waals surface area contributed by atoms with Crippen LogP contribution in [0.4, 0.5) is 9.59 Å². The van der Waals surface area contributed by atoms with E-state index in [4.69, 9.17) is 56.8 Å². The third-order valence-electron chi connectivity index (χ3n) is 24.0. The van der Waals surface area contributed by atoms with Crippen molar-refractivity contribution in [3.05, 3.63) is 97.1 Å². The number of aliphatic hydroxyl groups is 1. The van der Waals surface area contributed by atoms with Gasteiger partial charge in [-0.3, -0.25) is 28.8 Å². The maximum absolute atomic E-state index is 14.7. The van der Waals surface area contributed by atoms with Crippen LogP contribution in [0.15, 0.2) is 91.6 Å². The van der Waals surface area contributed by atoms with Gasteiger partial charge in [0.1, 0.15) is 42.3 Å². The van der Waals surface area contributed by atoms with Crippen LogP contribution in [-0.4, -0.2) is 255 Å². The third kappa shape index (κ3) is 21.6. The van der Waals surface area contributed by atoms with Crippen LogP contribution in [0.25, 0.3) is 11.3 Å². The fourth-order valence-electron chi connectivity index (χ4n) is 17.2. The number of aromatic nitrogens is 5. The van der Waals surface area contributed by atoms with Crippen LogP contribution in [0.5, 0.6) is 5.88 Å². The molecular formula is C86H128N8O22. The lowest BCUT2D eigenvalue weighted by molar-refractivity contribution is -0.295. The summed E-state index contributed by atoms with van der Waals surface area (Å²) in [7, 11) is 12.0. The Balaban J connectivity index is 0.000000319. The number of carbonyl (C=O) groups is 9. The highest BCUT2D eigenvalue weighted by Crippen LogP contribution is 2.45. The first-order valence-electron chi connectivity index (χ1n) is 40.1. The normalized spacial score (nSPS) is 35.1. The average molecular weight is 1630 g/mol. The van der Waals surface area contributed by atoms with E-state index in [1.54, 1.807) is 130 Å². The number of nitrogens with zero attached hydrogens (tertiary/aromatic N) is 8. The molecule has 24 atom stereocenters. The highest BCUT2D eigenvalue weighted by Gasteiger charge is 2.61. The van der Waals surface area contributed by atoms with Gasteiger partial charge < -0.3 is 81.2 Å². The number of likely N-dealkylation sites (N-methyl/N-ethyl adjacent to an activating group) is 2. The maximum atomic E-state index is 14.7. The average Bonchev–Trinajstić information content (AvgIpc) is 1.53. The minimum Gasteiger partial charge on any atom is -0.481 e. The Kier molecular flexibility index (Phi) is 33.2. The number of rotatable bonds is 20. The van der Waals surface area contributed by atoms with Crippen LogP contribution >= 0.6 is 0 Å². The van der Waals surface area contributed by atoms with Crippen molar-refractivity contribution in [2.45, 2.75) is 278 Å². The number of hydrogen-bond donors (Lipinski definition) is 1. The molecule has 5 aliphatic rings. The molecule has 0 bridgehead atoms. The van der Waals surface area contributed by atoms with Crippen molar-refractivity contribution in [1.82, 2.24) is 38.8 Å². The molecule has 1 aromatic carbocycles. The number of esters is 3. The van der Waals surface area contributed by atoms with E-state index in [2.05, 4.69) is 15.0 Å². The summed E-state index contributed by atoms with van der Waals surface area (Å²) in [5.41, 5.74) is -3.38. The molecule has 30 nitrogen and oxygen atoms in total. The lowest BCUT2D eigenvalue weighted by atomic mass is 9.73. The number of carbonyl (C=O) groups excluding carboxylic acids is 9. The second-order valence-electron chi connectivity index (χ2n) is 33.1. The first-order chi connectivity index (χ1) is 54.1. The summed E-state index contributed by atoms with van der Waals surface area (Å²) in [4.78, 5) is 144. The number of aryl methyl sites for hydroxylation is 1. The van der Waals surface area contributed by atoms with Crippen LogP contribution in [0.3, 0.4) is 0 Å². The zero-order valence-electron chi connectivity index (χ0n) is 71.3. The van der Waals surface area contributed by atoms with E-state index in [1.807, 2.05) is 82.5 Å². The Morgan fingerprint density at radius 1 is 0.664 bits per heavy atom. The van der Waals surface area contributed by atoms with Crippen molar-refractivity contribution >= 4 is 53.2 Å². The van der Waals surface area contributed by atoms with Gasteiger partial charge in [0.15, 0.2) is 47.2 Å². The lowest BCUT2D eigenvalue weighted by Crippen LogP contribution is -2.60. The van der Waals surface area contributed by atoms with Crippen molar-refractivity contribution in [2.75, 3.05) is 56.1 Å². The molecule has 116 heavy (non-hydrogen) atoms. The molecule has 1 amide bonds. The van der Waals surface area contributed by atoms with Crippen molar-refractivity contribution in [1.29, 1.82) is 0 Å². The van der Waals surface area contributed by atoms with Crippen molar-refractivity contribution in [3.63, 3.8) is 0 Å². The standard InChI is InChI=1S/C44H67N5O11.C41H57N3O11.CH4/c1-13-33-44(8)38(49(42(54)60-44)19-15-14-18-48-23-31(46-24-48)30-16-17-34(55-11)45-22-30)27(4)35(50)25(2)21-43(7,56-12)39(28(5)36(51)29(6)40(53)58-33)59-41-37(52)32(47(9)10)20-26(3)57-41;1-12-31-40(7,55-39(49)44-19-18-42-23-44)21-24(2)32(45)25(3)22-41(8,50-11)35(27(5)33(46)28(6)36(47)52-31)54-38-34(30(43(9)10)20-26(4)51-38)53-37(48)29-16-14-13-15-17-29;/h16-17,22-29,32-33,37-39,41,52H,13-15,18-21H2,1-12H3;13-19,21,23,25-28,30-31,34-35,38H,12,20,22H2,1-11H3;1H4/b;24-21+;/t25-,26-,27+,28+,29-,32+,33-,37-,38-,39-,41+,43+,44-;25-,26-,27+,28-,30+,31-,34-,35-,38+,40+,41+;/m11./s1. The summed E-state index contributed by atoms with van der Waals surface area (Å²) in [5.74, 6) is -9.71. The number of fused-ring (bicyclic) bond motifs is 1. The number of hydrogen-bond acceptors (Lipinski definition) is 27. The highest BCUT2D eigenvalue weighted by molar-refractivity contribution is 6.01. The molecule has 644 valence electrons. The zero-order chi connectivity index (χ0) is 85.1. The van der Waals surface area contributed by atoms with Gasteiger partial charge in [0.25, 0.3) is 0 Å². The molecule has 5 aliphatic heterocycles. The Morgan fingerprint density at radius 2 is 1.22 bits per heavy atom. The Labute approximate surface area is 683 Å². The van der Waals surface area contributed by atoms with Gasteiger partial charge in [0.2, 0.25) is 5.88 Å². The third-order valence-corrected chi connectivity index (χ3v) is 24.0. The molecule has 0 unspecified atom stereocenters. The predicted octanol–water partition coefficient (Wildman–Crippen LogP) is 11.0. The van der Waals surface area contributed by atoms with Gasteiger partial charge in [0, 0.05) is 99.4 Å². The molecule has 4 saturated heterocycles. The Hall–Kier alpha value is -8.20.